The van der Waals surface area contributed by atoms with E-state index in [4.69, 9.17) is 0 Å². The first-order valence-electron chi connectivity index (χ1n) is 6.40. The molecule has 0 saturated carbocycles. The van der Waals surface area contributed by atoms with Gasteiger partial charge in [0.2, 0.25) is 5.91 Å². The SMILES string of the molecule is Cc1cccc(CN(C)C(=O)C2(C)CCNC2)n1. The van der Waals surface area contributed by atoms with Crippen LogP contribution in [0.3, 0.4) is 0 Å². The maximum absolute atomic E-state index is 12.4. The molecule has 4 heteroatoms. The van der Waals surface area contributed by atoms with Gasteiger partial charge >= 0.3 is 0 Å². The number of aryl methyl sites for hydroxylation is 1. The summed E-state index contributed by atoms with van der Waals surface area (Å²) in [5.41, 5.74) is 1.68. The van der Waals surface area contributed by atoms with E-state index in [0.717, 1.165) is 30.9 Å². The molecule has 1 aromatic rings. The molecule has 1 amide bonds. The molecule has 0 spiro atoms. The number of aromatic nitrogens is 1. The van der Waals surface area contributed by atoms with Crippen molar-refractivity contribution in [2.75, 3.05) is 20.1 Å². The number of nitrogens with zero attached hydrogens (tertiary/aromatic N) is 2. The van der Waals surface area contributed by atoms with E-state index >= 15 is 0 Å². The molecule has 1 atom stereocenters. The highest BCUT2D eigenvalue weighted by Gasteiger charge is 2.38. The first kappa shape index (κ1) is 13.0. The molecule has 98 valence electrons. The predicted molar refractivity (Wildman–Crippen MR) is 71.0 cm³/mol. The number of hydrogen-bond donors (Lipinski definition) is 1. The van der Waals surface area contributed by atoms with Crippen LogP contribution in [0.1, 0.15) is 24.7 Å². The molecule has 0 bridgehead atoms. The van der Waals surface area contributed by atoms with Crippen molar-refractivity contribution in [3.05, 3.63) is 29.6 Å². The number of pyridine rings is 1. The second-order valence-corrected chi connectivity index (χ2v) is 5.42. The summed E-state index contributed by atoms with van der Waals surface area (Å²) in [4.78, 5) is 18.6. The Bertz CT molecular complexity index is 438. The van der Waals surface area contributed by atoms with Crippen molar-refractivity contribution in [2.24, 2.45) is 5.41 Å². The van der Waals surface area contributed by atoms with Crippen LogP contribution in [0.2, 0.25) is 0 Å². The van der Waals surface area contributed by atoms with Crippen molar-refractivity contribution in [1.82, 2.24) is 15.2 Å². The van der Waals surface area contributed by atoms with Crippen molar-refractivity contribution in [3.8, 4) is 0 Å². The van der Waals surface area contributed by atoms with Gasteiger partial charge in [0.05, 0.1) is 17.7 Å². The van der Waals surface area contributed by atoms with E-state index in [0.29, 0.717) is 6.54 Å². The highest BCUT2D eigenvalue weighted by molar-refractivity contribution is 5.82. The van der Waals surface area contributed by atoms with E-state index in [1.165, 1.54) is 0 Å². The summed E-state index contributed by atoms with van der Waals surface area (Å²) in [6, 6.07) is 5.91. The monoisotopic (exact) mass is 247 g/mol. The Labute approximate surface area is 108 Å². The molecule has 1 fully saturated rings. The zero-order valence-corrected chi connectivity index (χ0v) is 11.4. The molecule has 1 aliphatic rings. The molecule has 1 aliphatic heterocycles. The summed E-state index contributed by atoms with van der Waals surface area (Å²) in [7, 11) is 1.86. The summed E-state index contributed by atoms with van der Waals surface area (Å²) in [6.07, 6.45) is 0.914. The zero-order valence-electron chi connectivity index (χ0n) is 11.4. The van der Waals surface area contributed by atoms with Gasteiger partial charge in [0.25, 0.3) is 0 Å². The summed E-state index contributed by atoms with van der Waals surface area (Å²) >= 11 is 0. The fourth-order valence-corrected chi connectivity index (χ4v) is 2.46. The summed E-state index contributed by atoms with van der Waals surface area (Å²) in [5.74, 6) is 0.204. The van der Waals surface area contributed by atoms with Gasteiger partial charge in [-0.1, -0.05) is 6.07 Å². The zero-order chi connectivity index (χ0) is 13.2. The van der Waals surface area contributed by atoms with Crippen molar-refractivity contribution in [3.63, 3.8) is 0 Å². The van der Waals surface area contributed by atoms with Crippen LogP contribution < -0.4 is 5.32 Å². The molecular formula is C14H21N3O. The lowest BCUT2D eigenvalue weighted by Gasteiger charge is -2.28. The molecule has 0 aromatic carbocycles. The fourth-order valence-electron chi connectivity index (χ4n) is 2.46. The van der Waals surface area contributed by atoms with Gasteiger partial charge in [-0.15, -0.1) is 0 Å². The number of nitrogens with one attached hydrogen (secondary N) is 1. The quantitative estimate of drug-likeness (QED) is 0.877. The van der Waals surface area contributed by atoms with Gasteiger partial charge in [-0.05, 0) is 38.9 Å². The van der Waals surface area contributed by atoms with Crippen molar-refractivity contribution in [2.45, 2.75) is 26.8 Å². The molecule has 1 unspecified atom stereocenters. The van der Waals surface area contributed by atoms with E-state index in [1.54, 1.807) is 4.90 Å². The number of rotatable bonds is 3. The van der Waals surface area contributed by atoms with E-state index in [1.807, 2.05) is 39.1 Å². The summed E-state index contributed by atoms with van der Waals surface area (Å²) in [5, 5.41) is 3.26. The molecule has 0 aliphatic carbocycles. The first-order valence-corrected chi connectivity index (χ1v) is 6.40. The Balaban J connectivity index is 2.03. The van der Waals surface area contributed by atoms with E-state index < -0.39 is 0 Å². The number of amides is 1. The van der Waals surface area contributed by atoms with Crippen LogP contribution in [-0.4, -0.2) is 35.9 Å². The van der Waals surface area contributed by atoms with Crippen LogP contribution in [0.4, 0.5) is 0 Å². The normalized spacial score (nSPS) is 23.1. The van der Waals surface area contributed by atoms with Gasteiger partial charge in [-0.2, -0.15) is 0 Å². The molecule has 2 rings (SSSR count). The van der Waals surface area contributed by atoms with Gasteiger partial charge in [0.1, 0.15) is 0 Å². The first-order chi connectivity index (χ1) is 8.51. The molecule has 18 heavy (non-hydrogen) atoms. The maximum Gasteiger partial charge on any atom is 0.229 e. The lowest BCUT2D eigenvalue weighted by Crippen LogP contribution is -2.41. The second-order valence-electron chi connectivity index (χ2n) is 5.42. The van der Waals surface area contributed by atoms with Crippen LogP contribution in [0, 0.1) is 12.3 Å². The van der Waals surface area contributed by atoms with Gasteiger partial charge in [-0.25, -0.2) is 0 Å². The average molecular weight is 247 g/mol. The Hall–Kier alpha value is -1.42. The Morgan fingerprint density at radius 1 is 1.56 bits per heavy atom. The smallest absolute Gasteiger partial charge is 0.229 e. The van der Waals surface area contributed by atoms with Crippen LogP contribution in [0.25, 0.3) is 0 Å². The molecule has 1 aromatic heterocycles. The minimum atomic E-state index is -0.251. The van der Waals surface area contributed by atoms with Crippen molar-refractivity contribution < 1.29 is 4.79 Å². The molecular weight excluding hydrogens is 226 g/mol. The summed E-state index contributed by atoms with van der Waals surface area (Å²) in [6.45, 7) is 6.29. The highest BCUT2D eigenvalue weighted by Crippen LogP contribution is 2.27. The van der Waals surface area contributed by atoms with E-state index in [9.17, 15) is 4.79 Å². The van der Waals surface area contributed by atoms with Gasteiger partial charge in [-0.3, -0.25) is 9.78 Å². The number of carbonyl (C=O) groups excluding carboxylic acids is 1. The largest absolute Gasteiger partial charge is 0.339 e. The van der Waals surface area contributed by atoms with E-state index in [-0.39, 0.29) is 11.3 Å². The number of hydrogen-bond acceptors (Lipinski definition) is 3. The number of carbonyl (C=O) groups is 1. The third kappa shape index (κ3) is 2.70. The molecule has 1 saturated heterocycles. The topological polar surface area (TPSA) is 45.2 Å². The third-order valence-electron chi connectivity index (χ3n) is 3.58. The minimum Gasteiger partial charge on any atom is -0.339 e. The van der Waals surface area contributed by atoms with Crippen LogP contribution in [0.5, 0.6) is 0 Å². The predicted octanol–water partition coefficient (Wildman–Crippen LogP) is 1.35. The lowest BCUT2D eigenvalue weighted by atomic mass is 9.88. The van der Waals surface area contributed by atoms with E-state index in [2.05, 4.69) is 10.3 Å². The van der Waals surface area contributed by atoms with Crippen molar-refractivity contribution in [1.29, 1.82) is 0 Å². The average Bonchev–Trinajstić information content (AvgIpc) is 2.76. The van der Waals surface area contributed by atoms with Crippen LogP contribution >= 0.6 is 0 Å². The summed E-state index contributed by atoms with van der Waals surface area (Å²) < 4.78 is 0. The Kier molecular flexibility index (Phi) is 3.66. The van der Waals surface area contributed by atoms with Crippen molar-refractivity contribution >= 4 is 5.91 Å². The van der Waals surface area contributed by atoms with Crippen LogP contribution in [-0.2, 0) is 11.3 Å². The van der Waals surface area contributed by atoms with Gasteiger partial charge in [0.15, 0.2) is 0 Å². The second kappa shape index (κ2) is 5.06. The molecule has 4 nitrogen and oxygen atoms in total. The lowest BCUT2D eigenvalue weighted by molar-refractivity contribution is -0.139. The third-order valence-corrected chi connectivity index (χ3v) is 3.58. The maximum atomic E-state index is 12.4. The standard InChI is InChI=1S/C14H21N3O/c1-11-5-4-6-12(16-11)9-17(3)13(18)14(2)7-8-15-10-14/h4-6,15H,7-10H2,1-3H3. The minimum absolute atomic E-state index is 0.204. The Morgan fingerprint density at radius 3 is 2.94 bits per heavy atom. The molecule has 0 radical (unpaired) electrons. The Morgan fingerprint density at radius 2 is 2.33 bits per heavy atom. The van der Waals surface area contributed by atoms with Crippen LogP contribution in [0.15, 0.2) is 18.2 Å². The van der Waals surface area contributed by atoms with Gasteiger partial charge < -0.3 is 10.2 Å². The fraction of sp³-hybridized carbons (Fsp3) is 0.571. The highest BCUT2D eigenvalue weighted by atomic mass is 16.2. The molecule has 2 heterocycles. The van der Waals surface area contributed by atoms with Gasteiger partial charge in [0, 0.05) is 19.3 Å². The molecule has 1 N–H and O–H groups in total.